The number of hydrogen-bond acceptors (Lipinski definition) is 11. The predicted octanol–water partition coefficient (Wildman–Crippen LogP) is 16.2. The quantitative estimate of drug-likeness (QED) is 0.0641. The van der Waals surface area contributed by atoms with Gasteiger partial charge in [-0.05, 0) is 139 Å². The highest BCUT2D eigenvalue weighted by Gasteiger charge is 2.36. The van der Waals surface area contributed by atoms with Gasteiger partial charge in [-0.3, -0.25) is 0 Å². The van der Waals surface area contributed by atoms with Gasteiger partial charge in [-0.2, -0.15) is 0 Å². The first-order valence-corrected chi connectivity index (χ1v) is 26.0. The fraction of sp³-hybridized carbons (Fsp3) is 0.364. The van der Waals surface area contributed by atoms with Gasteiger partial charge >= 0.3 is 22.8 Å². The maximum absolute atomic E-state index is 13.9. The largest absolute Gasteiger partial charge is 0.532 e. The molecule has 0 aliphatic carbocycles. The molecule has 1 aromatic heterocycles. The summed E-state index contributed by atoms with van der Waals surface area (Å²) in [6.07, 6.45) is 10.3. The van der Waals surface area contributed by atoms with Gasteiger partial charge < -0.3 is 45.4 Å². The van der Waals surface area contributed by atoms with Gasteiger partial charge in [-0.15, -0.1) is 0 Å². The highest BCUT2D eigenvalue weighted by Crippen LogP contribution is 2.55. The lowest BCUT2D eigenvalue weighted by Gasteiger charge is -2.26. The Bertz CT molecular complexity index is 2880. The van der Waals surface area contributed by atoms with Gasteiger partial charge in [-0.25, -0.2) is 4.79 Å². The zero-order valence-corrected chi connectivity index (χ0v) is 42.2. The maximum Gasteiger partial charge on any atom is 0.532 e. The summed E-state index contributed by atoms with van der Waals surface area (Å²) in [6.45, 7) is 8.67. The van der Waals surface area contributed by atoms with Crippen molar-refractivity contribution in [2.45, 2.75) is 105 Å². The number of benzene rings is 6. The number of rotatable bonds is 21. The molecule has 1 aliphatic heterocycles. The van der Waals surface area contributed by atoms with Crippen LogP contribution in [0.25, 0.3) is 43.8 Å². The number of fused-ring (bicyclic) bond motifs is 6. The Balaban J connectivity index is 1.38. The first-order valence-electron chi connectivity index (χ1n) is 23.8. The van der Waals surface area contributed by atoms with Gasteiger partial charge in [0.05, 0.1) is 28.4 Å². The van der Waals surface area contributed by atoms with Crippen molar-refractivity contribution >= 4 is 55.5 Å². The van der Waals surface area contributed by atoms with Gasteiger partial charge in [0.1, 0.15) is 57.0 Å². The van der Waals surface area contributed by atoms with E-state index in [1.807, 2.05) is 66.7 Å². The van der Waals surface area contributed by atoms with E-state index in [4.69, 9.17) is 45.4 Å². The number of unbranched alkanes of at least 4 members (excludes halogenated alkanes) is 4. The van der Waals surface area contributed by atoms with Crippen LogP contribution in [-0.4, -0.2) is 34.4 Å². The Morgan fingerprint density at radius 1 is 0.485 bits per heavy atom. The fourth-order valence-electron chi connectivity index (χ4n) is 8.70. The average molecular weight is 961 g/mol. The van der Waals surface area contributed by atoms with Crippen LogP contribution in [0.4, 0.5) is 0 Å². The van der Waals surface area contributed by atoms with E-state index < -0.39 is 22.8 Å². The highest BCUT2D eigenvalue weighted by molar-refractivity contribution is 7.43. The molecule has 1 aliphatic rings. The zero-order chi connectivity index (χ0) is 47.7. The molecule has 0 N–H and O–H groups in total. The van der Waals surface area contributed by atoms with Gasteiger partial charge in [0.2, 0.25) is 0 Å². The minimum absolute atomic E-state index is 0.372. The Kier molecular flexibility index (Phi) is 16.0. The molecule has 0 bridgehead atoms. The van der Waals surface area contributed by atoms with E-state index in [0.717, 1.165) is 120 Å². The van der Waals surface area contributed by atoms with Crippen LogP contribution in [0, 0.1) is 0 Å². The second-order valence-electron chi connectivity index (χ2n) is 17.0. The Hall–Kier alpha value is -6.02. The number of methoxy groups -OCH3 is 4. The summed E-state index contributed by atoms with van der Waals surface area (Å²) in [4.78, 5) is 13.9. The molecule has 13 heteroatoms. The monoisotopic (exact) mass is 960 g/mol. The van der Waals surface area contributed by atoms with Gasteiger partial charge in [0.15, 0.2) is 0 Å². The average Bonchev–Trinajstić information content (AvgIpc) is 3.52. The molecule has 7 aromatic rings. The van der Waals surface area contributed by atoms with E-state index in [0.29, 0.717) is 69.4 Å². The molecule has 6 aromatic carbocycles. The SMILES string of the molecule is CCCCc1cc(OC)cc(-c2cc(OC)cc(CCCC)c2Op2oc3c(CCCC)cc(OC)cc3c3cc(OC)cc(CCCC)c3o2)c1OP1OC(=O)c2c(ccc3ccccc23)O1. The zero-order valence-electron chi connectivity index (χ0n) is 40.5. The molecule has 0 spiro atoms. The molecular weight excluding hydrogens is 899 g/mol. The van der Waals surface area contributed by atoms with Crippen molar-refractivity contribution in [3.05, 3.63) is 113 Å². The van der Waals surface area contributed by atoms with E-state index in [2.05, 4.69) is 39.8 Å². The van der Waals surface area contributed by atoms with E-state index in [9.17, 15) is 4.79 Å². The van der Waals surface area contributed by atoms with E-state index in [1.165, 1.54) is 0 Å². The van der Waals surface area contributed by atoms with E-state index >= 15 is 0 Å². The van der Waals surface area contributed by atoms with Crippen molar-refractivity contribution < 1.29 is 50.2 Å². The van der Waals surface area contributed by atoms with Crippen LogP contribution >= 0.6 is 16.8 Å². The van der Waals surface area contributed by atoms with Crippen LogP contribution in [0.2, 0.25) is 0 Å². The van der Waals surface area contributed by atoms with Crippen LogP contribution in [0.1, 0.15) is 112 Å². The lowest BCUT2D eigenvalue weighted by molar-refractivity contribution is 0.0700. The summed E-state index contributed by atoms with van der Waals surface area (Å²) in [6, 6.07) is 27.4. The highest BCUT2D eigenvalue weighted by atomic mass is 31.2. The summed E-state index contributed by atoms with van der Waals surface area (Å²) in [7, 11) is 2.26. The number of hydrogen-bond donors (Lipinski definition) is 0. The maximum atomic E-state index is 13.9. The molecule has 0 radical (unpaired) electrons. The van der Waals surface area contributed by atoms with Crippen LogP contribution in [-0.2, 0) is 30.2 Å². The minimum atomic E-state index is -2.25. The predicted molar refractivity (Wildman–Crippen MR) is 272 cm³/mol. The molecule has 2 heterocycles. The molecule has 1 unspecified atom stereocenters. The first kappa shape index (κ1) is 48.4. The van der Waals surface area contributed by atoms with Crippen molar-refractivity contribution in [2.24, 2.45) is 0 Å². The third-order valence-corrected chi connectivity index (χ3v) is 14.4. The molecule has 358 valence electrons. The number of carbonyl (C=O) groups is 1. The summed E-state index contributed by atoms with van der Waals surface area (Å²) >= 11 is 0. The summed E-state index contributed by atoms with van der Waals surface area (Å²) in [5.41, 5.74) is 6.79. The molecular formula is C55H62O11P2. The lowest BCUT2D eigenvalue weighted by atomic mass is 9.94. The van der Waals surface area contributed by atoms with Crippen molar-refractivity contribution in [1.82, 2.24) is 0 Å². The molecule has 0 saturated heterocycles. The molecule has 68 heavy (non-hydrogen) atoms. The number of aryl methyl sites for hydroxylation is 4. The van der Waals surface area contributed by atoms with Crippen LogP contribution < -0.4 is 32.5 Å². The summed E-state index contributed by atoms with van der Waals surface area (Å²) in [5.74, 6) is 3.63. The Morgan fingerprint density at radius 3 is 1.44 bits per heavy atom. The van der Waals surface area contributed by atoms with E-state index in [1.54, 1.807) is 34.5 Å². The molecule has 1 atom stereocenters. The van der Waals surface area contributed by atoms with Gasteiger partial charge in [0, 0.05) is 21.9 Å². The second-order valence-corrected chi connectivity index (χ2v) is 19.0. The lowest BCUT2D eigenvalue weighted by Crippen LogP contribution is -2.15. The fourth-order valence-corrected chi connectivity index (χ4v) is 10.9. The molecule has 0 saturated carbocycles. The van der Waals surface area contributed by atoms with Crippen molar-refractivity contribution in [3.8, 4) is 51.4 Å². The molecule has 0 amide bonds. The molecule has 0 fully saturated rings. The van der Waals surface area contributed by atoms with Crippen LogP contribution in [0.15, 0.2) is 93.3 Å². The Morgan fingerprint density at radius 2 is 0.941 bits per heavy atom. The third kappa shape index (κ3) is 10.4. The third-order valence-electron chi connectivity index (χ3n) is 12.4. The molecule has 11 nitrogen and oxygen atoms in total. The summed E-state index contributed by atoms with van der Waals surface area (Å²) in [5, 5.41) is 3.35. The van der Waals surface area contributed by atoms with Gasteiger partial charge in [-0.1, -0.05) is 83.7 Å². The minimum Gasteiger partial charge on any atom is -0.497 e. The standard InChI is InChI=1S/C55H62O11P2/c1-9-13-19-36-27-40(57-5)31-45(51(36)62-67-61-49-26-25-35-23-17-18-24-44(35)50(49)55(56)66-67)46-32-41(58-6)28-37(20-14-10-2)52(46)63-68-64-53-38(21-15-11-3)29-42(59-7)33-47(53)48-34-43(60-8)30-39(22-16-12-4)54(48)65-68/h17-18,23-34H,9-16,19-22H2,1-8H3. The number of carbonyl (C=O) groups excluding carboxylic acids is 1. The Labute approximate surface area is 401 Å². The topological polar surface area (TPSA) is 117 Å². The smallest absolute Gasteiger partial charge is 0.497 e. The normalized spacial score (nSPS) is 13.2. The van der Waals surface area contributed by atoms with Crippen LogP contribution in [0.3, 0.4) is 0 Å². The second kappa shape index (κ2) is 22.4. The summed E-state index contributed by atoms with van der Waals surface area (Å²) < 4.78 is 64.8. The first-order chi connectivity index (χ1) is 33.2. The van der Waals surface area contributed by atoms with Crippen molar-refractivity contribution in [1.29, 1.82) is 0 Å². The number of ether oxygens (including phenoxy) is 4. The van der Waals surface area contributed by atoms with Gasteiger partial charge in [0.25, 0.3) is 0 Å². The van der Waals surface area contributed by atoms with E-state index in [-0.39, 0.29) is 0 Å². The van der Waals surface area contributed by atoms with Crippen molar-refractivity contribution in [2.75, 3.05) is 28.4 Å². The van der Waals surface area contributed by atoms with Crippen LogP contribution in [0.5, 0.6) is 40.2 Å². The molecule has 8 rings (SSSR count). The van der Waals surface area contributed by atoms with Crippen molar-refractivity contribution in [3.63, 3.8) is 0 Å².